The van der Waals surface area contributed by atoms with Crippen molar-refractivity contribution in [2.75, 3.05) is 5.73 Å². The lowest BCUT2D eigenvalue weighted by Crippen LogP contribution is -2.31. The Balaban J connectivity index is 3.09. The molecule has 0 fully saturated rings. The summed E-state index contributed by atoms with van der Waals surface area (Å²) in [6, 6.07) is 4.69. The molecule has 0 amide bonds. The lowest BCUT2D eigenvalue weighted by molar-refractivity contribution is 0.425. The molecular weight excluding hydrogens is 161 g/mol. The first kappa shape index (κ1) is 8.45. The number of rotatable bonds is 1. The molecule has 0 spiro atoms. The van der Waals surface area contributed by atoms with Gasteiger partial charge < -0.3 is 15.8 Å². The van der Waals surface area contributed by atoms with Crippen LogP contribution in [0.3, 0.4) is 0 Å². The highest BCUT2D eigenvalue weighted by Gasteiger charge is 2.13. The van der Waals surface area contributed by atoms with Crippen LogP contribution in [0.15, 0.2) is 23.1 Å². The molecule has 0 bridgehead atoms. The van der Waals surface area contributed by atoms with Crippen LogP contribution in [0.1, 0.15) is 0 Å². The fourth-order valence-electron chi connectivity index (χ4n) is 0.779. The van der Waals surface area contributed by atoms with Gasteiger partial charge in [-0.2, -0.15) is 0 Å². The predicted octanol–water partition coefficient (Wildman–Crippen LogP) is -0.763. The molecule has 0 saturated heterocycles. The van der Waals surface area contributed by atoms with E-state index in [0.717, 1.165) is 0 Å². The Morgan fingerprint density at radius 2 is 2.00 bits per heavy atom. The van der Waals surface area contributed by atoms with Gasteiger partial charge in [-0.05, 0) is 17.6 Å². The summed E-state index contributed by atoms with van der Waals surface area (Å²) in [5, 5.41) is 17.5. The van der Waals surface area contributed by atoms with Gasteiger partial charge in [-0.3, -0.25) is 0 Å². The minimum atomic E-state index is -1.48. The van der Waals surface area contributed by atoms with Gasteiger partial charge in [-0.15, -0.1) is 12.6 Å². The van der Waals surface area contributed by atoms with Crippen molar-refractivity contribution < 1.29 is 10.0 Å². The Bertz CT molecular complexity index is 267. The number of thiol groups is 1. The van der Waals surface area contributed by atoms with Crippen LogP contribution < -0.4 is 11.2 Å². The second-order valence-electron chi connectivity index (χ2n) is 2.19. The van der Waals surface area contributed by atoms with Gasteiger partial charge >= 0.3 is 7.12 Å². The van der Waals surface area contributed by atoms with E-state index in [-0.39, 0.29) is 0 Å². The van der Waals surface area contributed by atoms with Crippen molar-refractivity contribution in [3.63, 3.8) is 0 Å². The molecular formula is C6H8BNO2S. The van der Waals surface area contributed by atoms with Gasteiger partial charge in [-0.25, -0.2) is 0 Å². The highest BCUT2D eigenvalue weighted by Crippen LogP contribution is 2.08. The third-order valence-electron chi connectivity index (χ3n) is 1.33. The molecule has 0 heterocycles. The van der Waals surface area contributed by atoms with E-state index in [1.807, 2.05) is 0 Å². The Morgan fingerprint density at radius 3 is 2.45 bits per heavy atom. The standard InChI is InChI=1S/C6H8BNO2S/c8-4-1-2-5(7(9)10)6(11)3-4/h1-3,9-11H,8H2. The molecule has 0 aliphatic heterocycles. The Labute approximate surface area is 70.4 Å². The van der Waals surface area contributed by atoms with Crippen molar-refractivity contribution in [3.8, 4) is 0 Å². The zero-order valence-electron chi connectivity index (χ0n) is 5.73. The summed E-state index contributed by atoms with van der Waals surface area (Å²) >= 11 is 4.01. The van der Waals surface area contributed by atoms with Crippen molar-refractivity contribution in [1.82, 2.24) is 0 Å². The zero-order chi connectivity index (χ0) is 8.43. The molecule has 0 radical (unpaired) electrons. The lowest BCUT2D eigenvalue weighted by atomic mass is 9.80. The highest BCUT2D eigenvalue weighted by atomic mass is 32.1. The van der Waals surface area contributed by atoms with Crippen molar-refractivity contribution >= 4 is 30.9 Å². The molecule has 0 saturated carbocycles. The molecule has 58 valence electrons. The molecule has 1 rings (SSSR count). The summed E-state index contributed by atoms with van der Waals surface area (Å²) in [5.41, 5.74) is 6.33. The van der Waals surface area contributed by atoms with Crippen LogP contribution in [-0.4, -0.2) is 17.2 Å². The number of hydrogen-bond acceptors (Lipinski definition) is 4. The molecule has 0 aliphatic rings. The van der Waals surface area contributed by atoms with Gasteiger partial charge in [-0.1, -0.05) is 6.07 Å². The maximum Gasteiger partial charge on any atom is 0.489 e. The van der Waals surface area contributed by atoms with E-state index in [2.05, 4.69) is 12.6 Å². The number of hydrogen-bond donors (Lipinski definition) is 4. The molecule has 4 N–H and O–H groups in total. The molecule has 0 aromatic heterocycles. The SMILES string of the molecule is Nc1ccc(B(O)O)c(S)c1. The molecule has 0 unspecified atom stereocenters. The quantitative estimate of drug-likeness (QED) is 0.253. The first-order valence-electron chi connectivity index (χ1n) is 3.06. The van der Waals surface area contributed by atoms with E-state index in [9.17, 15) is 0 Å². The summed E-state index contributed by atoms with van der Waals surface area (Å²) in [7, 11) is -1.48. The predicted molar refractivity (Wildman–Crippen MR) is 47.9 cm³/mol. The lowest BCUT2D eigenvalue weighted by Gasteiger charge is -2.03. The van der Waals surface area contributed by atoms with Crippen LogP contribution >= 0.6 is 12.6 Å². The van der Waals surface area contributed by atoms with Crippen LogP contribution in [0.25, 0.3) is 0 Å². The van der Waals surface area contributed by atoms with E-state index in [0.29, 0.717) is 16.0 Å². The number of benzene rings is 1. The monoisotopic (exact) mass is 169 g/mol. The van der Waals surface area contributed by atoms with Crippen LogP contribution in [0.5, 0.6) is 0 Å². The summed E-state index contributed by atoms with van der Waals surface area (Å²) < 4.78 is 0. The van der Waals surface area contributed by atoms with E-state index in [4.69, 9.17) is 15.8 Å². The van der Waals surface area contributed by atoms with Gasteiger partial charge in [0.1, 0.15) is 0 Å². The minimum absolute atomic E-state index is 0.363. The summed E-state index contributed by atoms with van der Waals surface area (Å²) in [6.45, 7) is 0. The van der Waals surface area contributed by atoms with Crippen LogP contribution in [-0.2, 0) is 0 Å². The smallest absolute Gasteiger partial charge is 0.423 e. The van der Waals surface area contributed by atoms with E-state index in [1.54, 1.807) is 12.1 Å². The molecule has 3 nitrogen and oxygen atoms in total. The number of anilines is 1. The molecule has 1 aromatic rings. The first-order valence-corrected chi connectivity index (χ1v) is 3.50. The van der Waals surface area contributed by atoms with Gasteiger partial charge in [0.15, 0.2) is 0 Å². The van der Waals surface area contributed by atoms with Crippen molar-refractivity contribution in [1.29, 1.82) is 0 Å². The molecule has 11 heavy (non-hydrogen) atoms. The summed E-state index contributed by atoms with van der Waals surface area (Å²) in [5.74, 6) is 0. The summed E-state index contributed by atoms with van der Waals surface area (Å²) in [6.07, 6.45) is 0. The average Bonchev–Trinajstić information content (AvgIpc) is 1.85. The van der Waals surface area contributed by atoms with Gasteiger partial charge in [0, 0.05) is 10.6 Å². The van der Waals surface area contributed by atoms with Crippen LogP contribution in [0.2, 0.25) is 0 Å². The molecule has 1 aromatic carbocycles. The Hall–Kier alpha value is -0.645. The van der Waals surface area contributed by atoms with Crippen molar-refractivity contribution in [2.24, 2.45) is 0 Å². The van der Waals surface area contributed by atoms with E-state index < -0.39 is 7.12 Å². The van der Waals surface area contributed by atoms with E-state index in [1.165, 1.54) is 6.07 Å². The van der Waals surface area contributed by atoms with Gasteiger partial charge in [0.05, 0.1) is 0 Å². The summed E-state index contributed by atoms with van der Waals surface area (Å²) in [4.78, 5) is 0.486. The highest BCUT2D eigenvalue weighted by molar-refractivity contribution is 7.80. The van der Waals surface area contributed by atoms with Crippen molar-refractivity contribution in [2.45, 2.75) is 4.90 Å². The third-order valence-corrected chi connectivity index (χ3v) is 1.72. The van der Waals surface area contributed by atoms with Crippen LogP contribution in [0.4, 0.5) is 5.69 Å². The number of nitrogen functional groups attached to an aromatic ring is 1. The second kappa shape index (κ2) is 3.17. The number of nitrogens with two attached hydrogens (primary N) is 1. The molecule has 5 heteroatoms. The molecule has 0 aliphatic carbocycles. The minimum Gasteiger partial charge on any atom is -0.423 e. The zero-order valence-corrected chi connectivity index (χ0v) is 6.62. The maximum atomic E-state index is 8.76. The van der Waals surface area contributed by atoms with Crippen LogP contribution in [0, 0.1) is 0 Å². The van der Waals surface area contributed by atoms with Crippen molar-refractivity contribution in [3.05, 3.63) is 18.2 Å². The van der Waals surface area contributed by atoms with Gasteiger partial charge in [0.25, 0.3) is 0 Å². The Kier molecular flexibility index (Phi) is 2.43. The first-order chi connectivity index (χ1) is 5.11. The van der Waals surface area contributed by atoms with Gasteiger partial charge in [0.2, 0.25) is 0 Å². The molecule has 0 atom stereocenters. The largest absolute Gasteiger partial charge is 0.489 e. The Morgan fingerprint density at radius 1 is 1.36 bits per heavy atom. The second-order valence-corrected chi connectivity index (χ2v) is 2.67. The fraction of sp³-hybridized carbons (Fsp3) is 0. The fourth-order valence-corrected chi connectivity index (χ4v) is 1.12. The average molecular weight is 169 g/mol. The maximum absolute atomic E-state index is 8.76. The third kappa shape index (κ3) is 1.89. The topological polar surface area (TPSA) is 66.5 Å². The van der Waals surface area contributed by atoms with E-state index >= 15 is 0 Å². The normalized spacial score (nSPS) is 9.73.